The number of rotatable bonds is 2. The number of nitrogens with two attached hydrogens (primary N) is 1. The van der Waals surface area contributed by atoms with Crippen molar-refractivity contribution in [3.05, 3.63) is 23.4 Å². The fraction of sp³-hybridized carbons (Fsp3) is 0.615. The first kappa shape index (κ1) is 13.2. The maximum atomic E-state index is 13.4. The molecular formula is C13H18F2N2O. The van der Waals surface area contributed by atoms with Crippen LogP contribution in [-0.4, -0.2) is 16.0 Å². The molecule has 3 N–H and O–H groups in total. The lowest BCUT2D eigenvalue weighted by Gasteiger charge is -2.32. The first-order chi connectivity index (χ1) is 8.41. The van der Waals surface area contributed by atoms with Crippen LogP contribution in [0.25, 0.3) is 0 Å². The Hall–Kier alpha value is -1.23. The van der Waals surface area contributed by atoms with E-state index in [2.05, 4.69) is 4.98 Å². The van der Waals surface area contributed by atoms with Gasteiger partial charge in [0.25, 0.3) is 0 Å². The maximum absolute atomic E-state index is 13.4. The molecule has 1 heterocycles. The Morgan fingerprint density at radius 3 is 2.89 bits per heavy atom. The van der Waals surface area contributed by atoms with E-state index in [0.717, 1.165) is 5.56 Å². The van der Waals surface area contributed by atoms with Gasteiger partial charge in [0.1, 0.15) is 5.82 Å². The minimum absolute atomic E-state index is 0.0856. The van der Waals surface area contributed by atoms with Crippen LogP contribution in [0.15, 0.2) is 12.3 Å². The van der Waals surface area contributed by atoms with Gasteiger partial charge in [0.2, 0.25) is 5.92 Å². The molecule has 0 radical (unpaired) electrons. The predicted molar refractivity (Wildman–Crippen MR) is 65.3 cm³/mol. The number of nitrogens with zero attached hydrogens (tertiary/aromatic N) is 1. The first-order valence-corrected chi connectivity index (χ1v) is 6.17. The van der Waals surface area contributed by atoms with E-state index in [4.69, 9.17) is 5.73 Å². The molecule has 1 saturated carbocycles. The number of aliphatic hydroxyl groups is 1. The van der Waals surface area contributed by atoms with E-state index >= 15 is 0 Å². The van der Waals surface area contributed by atoms with Crippen molar-refractivity contribution in [2.24, 2.45) is 5.92 Å². The third-order valence-corrected chi connectivity index (χ3v) is 3.66. The molecule has 100 valence electrons. The Bertz CT molecular complexity index is 417. The molecule has 1 aliphatic rings. The van der Waals surface area contributed by atoms with E-state index in [0.29, 0.717) is 18.4 Å². The summed E-state index contributed by atoms with van der Waals surface area (Å²) in [5, 5.41) is 10.3. The molecule has 0 amide bonds. The fourth-order valence-electron chi connectivity index (χ4n) is 2.69. The monoisotopic (exact) mass is 256 g/mol. The fourth-order valence-corrected chi connectivity index (χ4v) is 2.69. The predicted octanol–water partition coefficient (Wildman–Crippen LogP) is 2.83. The summed E-state index contributed by atoms with van der Waals surface area (Å²) >= 11 is 0. The minimum Gasteiger partial charge on any atom is -0.388 e. The summed E-state index contributed by atoms with van der Waals surface area (Å²) in [6.07, 6.45) is 1.28. The third kappa shape index (κ3) is 2.61. The second-order valence-electron chi connectivity index (χ2n) is 5.08. The van der Waals surface area contributed by atoms with Crippen LogP contribution in [0.2, 0.25) is 0 Å². The quantitative estimate of drug-likeness (QED) is 0.855. The van der Waals surface area contributed by atoms with Gasteiger partial charge in [0, 0.05) is 24.6 Å². The zero-order valence-corrected chi connectivity index (χ0v) is 10.4. The SMILES string of the molecule is Cc1ccnc(N)c1C(O)C1CCCC(F)(F)C1. The highest BCUT2D eigenvalue weighted by Crippen LogP contribution is 2.43. The van der Waals surface area contributed by atoms with Crippen LogP contribution in [0.1, 0.15) is 42.9 Å². The first-order valence-electron chi connectivity index (χ1n) is 6.17. The van der Waals surface area contributed by atoms with Crippen molar-refractivity contribution in [3.63, 3.8) is 0 Å². The molecule has 1 fully saturated rings. The van der Waals surface area contributed by atoms with Crippen molar-refractivity contribution in [2.45, 2.75) is 44.6 Å². The van der Waals surface area contributed by atoms with Crippen molar-refractivity contribution < 1.29 is 13.9 Å². The van der Waals surface area contributed by atoms with E-state index in [9.17, 15) is 13.9 Å². The Kier molecular flexibility index (Phi) is 3.52. The number of hydrogen-bond acceptors (Lipinski definition) is 3. The topological polar surface area (TPSA) is 59.1 Å². The number of halogens is 2. The molecule has 0 aliphatic heterocycles. The van der Waals surface area contributed by atoms with Crippen LogP contribution in [0.5, 0.6) is 0 Å². The highest BCUT2D eigenvalue weighted by Gasteiger charge is 2.40. The van der Waals surface area contributed by atoms with Gasteiger partial charge in [-0.25, -0.2) is 13.8 Å². The molecule has 0 aromatic carbocycles. The molecule has 3 nitrogen and oxygen atoms in total. The van der Waals surface area contributed by atoms with E-state index in [1.54, 1.807) is 19.2 Å². The van der Waals surface area contributed by atoms with Crippen LogP contribution >= 0.6 is 0 Å². The molecule has 5 heteroatoms. The van der Waals surface area contributed by atoms with Crippen molar-refractivity contribution in [2.75, 3.05) is 5.73 Å². The van der Waals surface area contributed by atoms with Crippen molar-refractivity contribution in [1.82, 2.24) is 4.98 Å². The summed E-state index contributed by atoms with van der Waals surface area (Å²) in [5.41, 5.74) is 7.03. The van der Waals surface area contributed by atoms with E-state index in [1.165, 1.54) is 0 Å². The molecule has 18 heavy (non-hydrogen) atoms. The van der Waals surface area contributed by atoms with E-state index in [1.807, 2.05) is 0 Å². The number of pyridine rings is 1. The number of aromatic nitrogens is 1. The van der Waals surface area contributed by atoms with Crippen LogP contribution in [0.4, 0.5) is 14.6 Å². The van der Waals surface area contributed by atoms with E-state index in [-0.39, 0.29) is 18.7 Å². The standard InChI is InChI=1S/C13H18F2N2O/c1-8-4-6-17-12(16)10(8)11(18)9-3-2-5-13(14,15)7-9/h4,6,9,11,18H,2-3,5,7H2,1H3,(H2,16,17). The normalized spacial score (nSPS) is 24.8. The number of alkyl halides is 2. The summed E-state index contributed by atoms with van der Waals surface area (Å²) in [4.78, 5) is 3.92. The number of anilines is 1. The van der Waals surface area contributed by atoms with Gasteiger partial charge >= 0.3 is 0 Å². The summed E-state index contributed by atoms with van der Waals surface area (Å²) in [7, 11) is 0. The molecule has 0 bridgehead atoms. The lowest BCUT2D eigenvalue weighted by atomic mass is 9.80. The van der Waals surface area contributed by atoms with Crippen molar-refractivity contribution in [3.8, 4) is 0 Å². The highest BCUT2D eigenvalue weighted by molar-refractivity contribution is 5.45. The van der Waals surface area contributed by atoms with Gasteiger partial charge < -0.3 is 10.8 Å². The Balaban J connectivity index is 2.23. The molecule has 1 aliphatic carbocycles. The van der Waals surface area contributed by atoms with Gasteiger partial charge in [-0.05, 0) is 37.3 Å². The van der Waals surface area contributed by atoms with Crippen molar-refractivity contribution >= 4 is 5.82 Å². The van der Waals surface area contributed by atoms with Gasteiger partial charge in [-0.15, -0.1) is 0 Å². The smallest absolute Gasteiger partial charge is 0.248 e. The Morgan fingerprint density at radius 1 is 1.56 bits per heavy atom. The third-order valence-electron chi connectivity index (χ3n) is 3.66. The summed E-state index contributed by atoms with van der Waals surface area (Å²) in [5.74, 6) is -2.88. The largest absolute Gasteiger partial charge is 0.388 e. The van der Waals surface area contributed by atoms with Crippen LogP contribution in [0.3, 0.4) is 0 Å². The summed E-state index contributed by atoms with van der Waals surface area (Å²) in [6, 6.07) is 1.73. The highest BCUT2D eigenvalue weighted by atomic mass is 19.3. The zero-order valence-electron chi connectivity index (χ0n) is 10.4. The van der Waals surface area contributed by atoms with Gasteiger partial charge in [-0.3, -0.25) is 0 Å². The van der Waals surface area contributed by atoms with Gasteiger partial charge in [0.15, 0.2) is 0 Å². The molecule has 0 saturated heterocycles. The molecular weight excluding hydrogens is 238 g/mol. The minimum atomic E-state index is -2.67. The average molecular weight is 256 g/mol. The lowest BCUT2D eigenvalue weighted by molar-refractivity contribution is -0.0761. The summed E-state index contributed by atoms with van der Waals surface area (Å²) in [6.45, 7) is 1.80. The zero-order chi connectivity index (χ0) is 13.3. The molecule has 2 unspecified atom stereocenters. The van der Waals surface area contributed by atoms with Crippen LogP contribution < -0.4 is 5.73 Å². The lowest BCUT2D eigenvalue weighted by Crippen LogP contribution is -2.30. The molecule has 1 aromatic heterocycles. The van der Waals surface area contributed by atoms with E-state index < -0.39 is 17.9 Å². The van der Waals surface area contributed by atoms with Crippen LogP contribution in [-0.2, 0) is 0 Å². The van der Waals surface area contributed by atoms with Crippen molar-refractivity contribution in [1.29, 1.82) is 0 Å². The molecule has 2 rings (SSSR count). The second kappa shape index (κ2) is 4.80. The van der Waals surface area contributed by atoms with Gasteiger partial charge in [-0.2, -0.15) is 0 Å². The van der Waals surface area contributed by atoms with Gasteiger partial charge in [-0.1, -0.05) is 0 Å². The number of aliphatic hydroxyl groups excluding tert-OH is 1. The molecule has 0 spiro atoms. The van der Waals surface area contributed by atoms with Crippen LogP contribution in [0, 0.1) is 12.8 Å². The van der Waals surface area contributed by atoms with Gasteiger partial charge in [0.05, 0.1) is 6.10 Å². The number of nitrogen functional groups attached to an aromatic ring is 1. The Morgan fingerprint density at radius 2 is 2.28 bits per heavy atom. The second-order valence-corrected chi connectivity index (χ2v) is 5.08. The molecule has 1 aromatic rings. The Labute approximate surface area is 105 Å². The number of aryl methyl sites for hydroxylation is 1. The molecule has 2 atom stereocenters. The maximum Gasteiger partial charge on any atom is 0.248 e. The summed E-state index contributed by atoms with van der Waals surface area (Å²) < 4.78 is 26.7. The average Bonchev–Trinajstić information content (AvgIpc) is 2.27. The number of hydrogen-bond donors (Lipinski definition) is 2.